The van der Waals surface area contributed by atoms with E-state index in [1.54, 1.807) is 20.4 Å². The number of benzene rings is 2. The van der Waals surface area contributed by atoms with E-state index in [4.69, 9.17) is 9.47 Å². The van der Waals surface area contributed by atoms with Crippen LogP contribution in [0, 0.1) is 0 Å². The molecule has 0 atom stereocenters. The van der Waals surface area contributed by atoms with Gasteiger partial charge in [0.2, 0.25) is 5.91 Å². The molecule has 8 nitrogen and oxygen atoms in total. The topological polar surface area (TPSA) is 103 Å². The number of methoxy groups -OCH3 is 3. The smallest absolute Gasteiger partial charge is 0.306 e. The number of carbonyl (C=O) groups is 2. The molecule has 0 saturated heterocycles. The summed E-state index contributed by atoms with van der Waals surface area (Å²) in [5, 5.41) is 2.79. The first-order valence-electron chi connectivity index (χ1n) is 9.74. The molecule has 1 aromatic heterocycles. The summed E-state index contributed by atoms with van der Waals surface area (Å²) >= 11 is 0. The van der Waals surface area contributed by atoms with Crippen LogP contribution in [-0.4, -0.2) is 43.2 Å². The van der Waals surface area contributed by atoms with Gasteiger partial charge in [-0.25, -0.2) is 4.98 Å². The zero-order valence-electron chi connectivity index (χ0n) is 17.7. The van der Waals surface area contributed by atoms with E-state index in [9.17, 15) is 9.59 Å². The van der Waals surface area contributed by atoms with Gasteiger partial charge in [-0.15, -0.1) is 0 Å². The van der Waals surface area contributed by atoms with Crippen molar-refractivity contribution >= 4 is 11.9 Å². The molecule has 3 aromatic rings. The minimum absolute atomic E-state index is 0.0696. The number of hydrogen-bond donors (Lipinski definition) is 2. The lowest BCUT2D eigenvalue weighted by Crippen LogP contribution is -2.23. The highest BCUT2D eigenvalue weighted by atomic mass is 16.5. The summed E-state index contributed by atoms with van der Waals surface area (Å²) in [7, 11) is 4.54. The van der Waals surface area contributed by atoms with Crippen LogP contribution in [-0.2, 0) is 20.9 Å². The van der Waals surface area contributed by atoms with Gasteiger partial charge in [-0.2, -0.15) is 0 Å². The zero-order chi connectivity index (χ0) is 22.2. The van der Waals surface area contributed by atoms with Crippen LogP contribution in [0.3, 0.4) is 0 Å². The maximum atomic E-state index is 11.8. The quantitative estimate of drug-likeness (QED) is 0.512. The first kappa shape index (κ1) is 21.9. The van der Waals surface area contributed by atoms with Crippen molar-refractivity contribution in [2.24, 2.45) is 0 Å². The Kier molecular flexibility index (Phi) is 7.26. The van der Waals surface area contributed by atoms with Gasteiger partial charge in [0.25, 0.3) is 0 Å². The predicted molar refractivity (Wildman–Crippen MR) is 116 cm³/mol. The molecule has 31 heavy (non-hydrogen) atoms. The molecule has 0 aliphatic carbocycles. The standard InChI is InChI=1S/C23H25N3O5/c1-29-17-8-9-20(30-2)18(12-17)19-14-25-23(26-19)16-6-4-15(5-7-16)13-24-21(27)10-11-22(28)31-3/h4-9,12,14H,10-11,13H2,1-3H3,(H,24,27)(H,25,26). The highest BCUT2D eigenvalue weighted by Gasteiger charge is 2.12. The van der Waals surface area contributed by atoms with Crippen LogP contribution in [0.4, 0.5) is 0 Å². The molecule has 3 rings (SSSR count). The van der Waals surface area contributed by atoms with Gasteiger partial charge in [-0.05, 0) is 23.8 Å². The van der Waals surface area contributed by atoms with Gasteiger partial charge in [0.05, 0.1) is 39.6 Å². The maximum absolute atomic E-state index is 11.8. The summed E-state index contributed by atoms with van der Waals surface area (Å²) in [6, 6.07) is 13.3. The molecule has 8 heteroatoms. The van der Waals surface area contributed by atoms with Gasteiger partial charge < -0.3 is 24.5 Å². The van der Waals surface area contributed by atoms with Crippen LogP contribution < -0.4 is 14.8 Å². The third-order valence-electron chi connectivity index (χ3n) is 4.77. The highest BCUT2D eigenvalue weighted by molar-refractivity contribution is 5.81. The summed E-state index contributed by atoms with van der Waals surface area (Å²) in [4.78, 5) is 30.7. The third kappa shape index (κ3) is 5.63. The van der Waals surface area contributed by atoms with Crippen LogP contribution in [0.2, 0.25) is 0 Å². The Morgan fingerprint density at radius 3 is 2.45 bits per heavy atom. The molecule has 0 unspecified atom stereocenters. The van der Waals surface area contributed by atoms with E-state index in [0.29, 0.717) is 18.1 Å². The molecule has 1 heterocycles. The second-order valence-electron chi connectivity index (χ2n) is 6.76. The molecule has 0 aliphatic rings. The molecule has 0 saturated carbocycles. The van der Waals surface area contributed by atoms with Gasteiger partial charge in [0.1, 0.15) is 17.3 Å². The molecule has 0 bridgehead atoms. The van der Waals surface area contributed by atoms with Crippen molar-refractivity contribution in [3.8, 4) is 34.1 Å². The Hall–Kier alpha value is -3.81. The van der Waals surface area contributed by atoms with Gasteiger partial charge in [-0.1, -0.05) is 24.3 Å². The number of aromatic amines is 1. The van der Waals surface area contributed by atoms with Crippen molar-refractivity contribution in [2.45, 2.75) is 19.4 Å². The number of hydrogen-bond acceptors (Lipinski definition) is 6. The molecule has 0 aliphatic heterocycles. The lowest BCUT2D eigenvalue weighted by atomic mass is 10.1. The number of H-pyrrole nitrogens is 1. The van der Waals surface area contributed by atoms with Crippen LogP contribution >= 0.6 is 0 Å². The second-order valence-corrected chi connectivity index (χ2v) is 6.76. The van der Waals surface area contributed by atoms with Gasteiger partial charge in [0.15, 0.2) is 0 Å². The van der Waals surface area contributed by atoms with E-state index in [1.807, 2.05) is 42.5 Å². The van der Waals surface area contributed by atoms with Crippen molar-refractivity contribution in [3.05, 3.63) is 54.2 Å². The molecule has 0 fully saturated rings. The lowest BCUT2D eigenvalue weighted by Gasteiger charge is -2.09. The van der Waals surface area contributed by atoms with Crippen molar-refractivity contribution in [3.63, 3.8) is 0 Å². The molecular formula is C23H25N3O5. The molecule has 0 radical (unpaired) electrons. The first-order chi connectivity index (χ1) is 15.0. The van der Waals surface area contributed by atoms with Gasteiger partial charge in [0, 0.05) is 24.1 Å². The summed E-state index contributed by atoms with van der Waals surface area (Å²) in [6.45, 7) is 0.380. The maximum Gasteiger partial charge on any atom is 0.306 e. The summed E-state index contributed by atoms with van der Waals surface area (Å²) in [6.07, 6.45) is 1.93. The molecular weight excluding hydrogens is 398 g/mol. The van der Waals surface area contributed by atoms with E-state index in [1.165, 1.54) is 7.11 Å². The van der Waals surface area contributed by atoms with Gasteiger partial charge in [-0.3, -0.25) is 9.59 Å². The van der Waals surface area contributed by atoms with Crippen LogP contribution in [0.15, 0.2) is 48.7 Å². The predicted octanol–water partition coefficient (Wildman–Crippen LogP) is 3.33. The number of imidazole rings is 1. The van der Waals surface area contributed by atoms with E-state index in [0.717, 1.165) is 28.1 Å². The number of aromatic nitrogens is 2. The number of ether oxygens (including phenoxy) is 3. The fraction of sp³-hybridized carbons (Fsp3) is 0.261. The highest BCUT2D eigenvalue weighted by Crippen LogP contribution is 2.33. The fourth-order valence-electron chi connectivity index (χ4n) is 3.02. The molecule has 162 valence electrons. The summed E-state index contributed by atoms with van der Waals surface area (Å²) < 4.78 is 15.3. The molecule has 1 amide bonds. The lowest BCUT2D eigenvalue weighted by molar-refractivity contribution is -0.142. The summed E-state index contributed by atoms with van der Waals surface area (Å²) in [5.74, 6) is 1.56. The molecule has 0 spiro atoms. The zero-order valence-corrected chi connectivity index (χ0v) is 17.7. The Balaban J connectivity index is 1.66. The van der Waals surface area contributed by atoms with E-state index in [2.05, 4.69) is 20.0 Å². The summed E-state index contributed by atoms with van der Waals surface area (Å²) in [5.41, 5.74) is 3.52. The average Bonchev–Trinajstić information content (AvgIpc) is 3.31. The van der Waals surface area contributed by atoms with E-state index in [-0.39, 0.29) is 18.7 Å². The fourth-order valence-corrected chi connectivity index (χ4v) is 3.02. The number of nitrogens with zero attached hydrogens (tertiary/aromatic N) is 1. The minimum Gasteiger partial charge on any atom is -0.497 e. The normalized spacial score (nSPS) is 10.4. The van der Waals surface area contributed by atoms with Gasteiger partial charge >= 0.3 is 5.97 Å². The minimum atomic E-state index is -0.399. The monoisotopic (exact) mass is 423 g/mol. The third-order valence-corrected chi connectivity index (χ3v) is 4.77. The number of amides is 1. The van der Waals surface area contributed by atoms with Crippen molar-refractivity contribution in [2.75, 3.05) is 21.3 Å². The van der Waals surface area contributed by atoms with E-state index < -0.39 is 5.97 Å². The van der Waals surface area contributed by atoms with E-state index >= 15 is 0 Å². The van der Waals surface area contributed by atoms with Crippen LogP contribution in [0.5, 0.6) is 11.5 Å². The number of rotatable bonds is 9. The second kappa shape index (κ2) is 10.3. The van der Waals surface area contributed by atoms with Crippen molar-refractivity contribution in [1.29, 1.82) is 0 Å². The Morgan fingerprint density at radius 2 is 1.77 bits per heavy atom. The van der Waals surface area contributed by atoms with Crippen LogP contribution in [0.25, 0.3) is 22.6 Å². The number of nitrogens with one attached hydrogen (secondary N) is 2. The Morgan fingerprint density at radius 1 is 1.00 bits per heavy atom. The average molecular weight is 423 g/mol. The Bertz CT molecular complexity index is 1040. The first-order valence-corrected chi connectivity index (χ1v) is 9.74. The number of carbonyl (C=O) groups excluding carboxylic acids is 2. The number of esters is 1. The van der Waals surface area contributed by atoms with Crippen LogP contribution in [0.1, 0.15) is 18.4 Å². The molecule has 2 aromatic carbocycles. The molecule has 2 N–H and O–H groups in total. The van der Waals surface area contributed by atoms with Crippen molar-refractivity contribution < 1.29 is 23.8 Å². The van der Waals surface area contributed by atoms with Crippen molar-refractivity contribution in [1.82, 2.24) is 15.3 Å². The SMILES string of the molecule is COC(=O)CCC(=O)NCc1ccc(-c2ncc(-c3cc(OC)ccc3OC)[nH]2)cc1. The Labute approximate surface area is 180 Å². The largest absolute Gasteiger partial charge is 0.497 e.